The lowest BCUT2D eigenvalue weighted by molar-refractivity contribution is 0.483. The molecule has 6 aliphatic rings. The van der Waals surface area contributed by atoms with Gasteiger partial charge in [-0.1, -0.05) is 79.0 Å². The number of benzene rings is 1. The van der Waals surface area contributed by atoms with Crippen LogP contribution in [0.5, 0.6) is 0 Å². The van der Waals surface area contributed by atoms with Crippen LogP contribution in [0.25, 0.3) is 0 Å². The van der Waals surface area contributed by atoms with Gasteiger partial charge in [0.2, 0.25) is 0 Å². The minimum absolute atomic E-state index is 0.417. The summed E-state index contributed by atoms with van der Waals surface area (Å²) in [6.45, 7) is 0. The molecule has 5 atom stereocenters. The zero-order valence-electron chi connectivity index (χ0n) is 18.2. The summed E-state index contributed by atoms with van der Waals surface area (Å²) in [7, 11) is 0. The van der Waals surface area contributed by atoms with Crippen molar-refractivity contribution >= 4 is 5.69 Å². The van der Waals surface area contributed by atoms with E-state index in [0.29, 0.717) is 29.8 Å². The summed E-state index contributed by atoms with van der Waals surface area (Å²) in [5, 5.41) is 3.76. The van der Waals surface area contributed by atoms with Crippen LogP contribution in [0, 0.1) is 17.8 Å². The standard InChI is InChI=1S/C30H28N2/c1-2-8-22(9-3-1)32-29-13-7-5-11-24(29)26-19-21(15-17-30(26)32)20-14-16-28-25(18-20)23-10-4-6-12-27(23)31-28/h1-13,15,17-18,23-24,26-27,29,31H,14,16,19H2. The largest absolute Gasteiger partial charge is 0.381 e. The number of rotatable bonds is 2. The fraction of sp³-hybridized carbons (Fsp3) is 0.267. The Balaban J connectivity index is 1.24. The quantitative estimate of drug-likeness (QED) is 0.623. The smallest absolute Gasteiger partial charge is 0.0591 e. The van der Waals surface area contributed by atoms with Crippen LogP contribution in [-0.2, 0) is 0 Å². The van der Waals surface area contributed by atoms with Crippen molar-refractivity contribution in [3.8, 4) is 0 Å². The lowest BCUT2D eigenvalue weighted by Crippen LogP contribution is -2.30. The van der Waals surface area contributed by atoms with E-state index in [1.54, 1.807) is 11.1 Å². The summed E-state index contributed by atoms with van der Waals surface area (Å²) in [5.74, 6) is 1.58. The zero-order valence-corrected chi connectivity index (χ0v) is 18.2. The predicted octanol–water partition coefficient (Wildman–Crippen LogP) is 6.14. The fourth-order valence-electron chi connectivity index (χ4n) is 6.57. The van der Waals surface area contributed by atoms with E-state index in [1.807, 2.05) is 0 Å². The topological polar surface area (TPSA) is 15.3 Å². The van der Waals surface area contributed by atoms with Crippen molar-refractivity contribution in [3.63, 3.8) is 0 Å². The van der Waals surface area contributed by atoms with Crippen LogP contribution in [-0.4, -0.2) is 12.1 Å². The Morgan fingerprint density at radius 2 is 1.66 bits per heavy atom. The lowest BCUT2D eigenvalue weighted by atomic mass is 9.77. The van der Waals surface area contributed by atoms with Crippen LogP contribution in [0.2, 0.25) is 0 Å². The van der Waals surface area contributed by atoms with Gasteiger partial charge in [-0.25, -0.2) is 0 Å². The molecular weight excluding hydrogens is 388 g/mol. The highest BCUT2D eigenvalue weighted by molar-refractivity contribution is 5.62. The summed E-state index contributed by atoms with van der Waals surface area (Å²) < 4.78 is 0. The molecule has 1 aromatic rings. The van der Waals surface area contributed by atoms with E-state index in [0.717, 1.165) is 19.3 Å². The maximum Gasteiger partial charge on any atom is 0.0591 e. The number of anilines is 1. The molecule has 7 rings (SSSR count). The number of hydrogen-bond donors (Lipinski definition) is 1. The van der Waals surface area contributed by atoms with Crippen molar-refractivity contribution in [1.82, 2.24) is 5.32 Å². The molecule has 1 fully saturated rings. The monoisotopic (exact) mass is 416 g/mol. The molecule has 0 saturated carbocycles. The van der Waals surface area contributed by atoms with E-state index in [4.69, 9.17) is 0 Å². The molecule has 0 amide bonds. The highest BCUT2D eigenvalue weighted by Crippen LogP contribution is 2.50. The second-order valence-corrected chi connectivity index (χ2v) is 9.71. The molecule has 4 aliphatic carbocycles. The highest BCUT2D eigenvalue weighted by Gasteiger charge is 2.45. The third kappa shape index (κ3) is 2.72. The Hall–Kier alpha value is -3.26. The molecule has 2 aliphatic heterocycles. The van der Waals surface area contributed by atoms with Gasteiger partial charge < -0.3 is 10.2 Å². The van der Waals surface area contributed by atoms with Crippen molar-refractivity contribution in [2.75, 3.05) is 4.90 Å². The van der Waals surface area contributed by atoms with Crippen molar-refractivity contribution < 1.29 is 0 Å². The van der Waals surface area contributed by atoms with E-state index in [9.17, 15) is 0 Å². The van der Waals surface area contributed by atoms with Crippen LogP contribution >= 0.6 is 0 Å². The normalized spacial score (nSPS) is 33.7. The molecule has 0 bridgehead atoms. The third-order valence-electron chi connectivity index (χ3n) is 8.07. The first kappa shape index (κ1) is 18.3. The first-order chi connectivity index (χ1) is 15.9. The fourth-order valence-corrected chi connectivity index (χ4v) is 6.57. The van der Waals surface area contributed by atoms with E-state index < -0.39 is 0 Å². The first-order valence-corrected chi connectivity index (χ1v) is 12.0. The second-order valence-electron chi connectivity index (χ2n) is 9.71. The molecule has 5 unspecified atom stereocenters. The average Bonchev–Trinajstić information content (AvgIpc) is 3.39. The number of allylic oxidation sites excluding steroid dienone is 11. The van der Waals surface area contributed by atoms with E-state index >= 15 is 0 Å². The predicted molar refractivity (Wildman–Crippen MR) is 132 cm³/mol. The third-order valence-corrected chi connectivity index (χ3v) is 8.07. The molecule has 158 valence electrons. The Morgan fingerprint density at radius 1 is 0.812 bits per heavy atom. The van der Waals surface area contributed by atoms with Gasteiger partial charge in [-0.3, -0.25) is 0 Å². The molecule has 1 aromatic carbocycles. The molecular formula is C30H28N2. The number of fused-ring (bicyclic) bond motifs is 5. The second kappa shape index (κ2) is 7.13. The van der Waals surface area contributed by atoms with E-state index in [2.05, 4.69) is 107 Å². The van der Waals surface area contributed by atoms with Crippen molar-refractivity contribution in [2.45, 2.75) is 31.3 Å². The maximum atomic E-state index is 3.76. The number of hydrogen-bond acceptors (Lipinski definition) is 2. The number of nitrogens with zero attached hydrogens (tertiary/aromatic N) is 1. The van der Waals surface area contributed by atoms with Crippen LogP contribution in [0.4, 0.5) is 5.69 Å². The summed E-state index contributed by atoms with van der Waals surface area (Å²) in [5.41, 5.74) is 8.85. The zero-order chi connectivity index (χ0) is 21.1. The summed E-state index contributed by atoms with van der Waals surface area (Å²) in [6, 6.07) is 11.8. The molecule has 2 heterocycles. The van der Waals surface area contributed by atoms with Gasteiger partial charge in [0.1, 0.15) is 0 Å². The van der Waals surface area contributed by atoms with Gasteiger partial charge in [0.05, 0.1) is 12.1 Å². The van der Waals surface area contributed by atoms with Gasteiger partial charge in [-0.15, -0.1) is 0 Å². The molecule has 2 nitrogen and oxygen atoms in total. The molecule has 32 heavy (non-hydrogen) atoms. The molecule has 0 spiro atoms. The van der Waals surface area contributed by atoms with Crippen LogP contribution in [0.15, 0.2) is 125 Å². The van der Waals surface area contributed by atoms with Gasteiger partial charge in [0, 0.05) is 34.8 Å². The number of nitrogens with one attached hydrogen (secondary N) is 1. The van der Waals surface area contributed by atoms with Crippen LogP contribution in [0.3, 0.4) is 0 Å². The Labute approximate surface area is 190 Å². The Bertz CT molecular complexity index is 1200. The molecule has 0 radical (unpaired) electrons. The van der Waals surface area contributed by atoms with Crippen LogP contribution in [0.1, 0.15) is 19.3 Å². The van der Waals surface area contributed by atoms with E-state index in [1.165, 1.54) is 22.7 Å². The minimum atomic E-state index is 0.417. The van der Waals surface area contributed by atoms with Crippen molar-refractivity contribution in [3.05, 3.63) is 125 Å². The Morgan fingerprint density at radius 3 is 2.59 bits per heavy atom. The molecule has 1 saturated heterocycles. The van der Waals surface area contributed by atoms with Crippen molar-refractivity contribution in [2.24, 2.45) is 17.8 Å². The van der Waals surface area contributed by atoms with Gasteiger partial charge in [-0.2, -0.15) is 0 Å². The van der Waals surface area contributed by atoms with Gasteiger partial charge in [-0.05, 0) is 54.2 Å². The van der Waals surface area contributed by atoms with Gasteiger partial charge in [0.15, 0.2) is 0 Å². The number of para-hydroxylation sites is 1. The van der Waals surface area contributed by atoms with E-state index in [-0.39, 0.29) is 0 Å². The van der Waals surface area contributed by atoms with Gasteiger partial charge >= 0.3 is 0 Å². The molecule has 1 N–H and O–H groups in total. The lowest BCUT2D eigenvalue weighted by Gasteiger charge is -2.29. The first-order valence-electron chi connectivity index (χ1n) is 12.0. The van der Waals surface area contributed by atoms with Crippen LogP contribution < -0.4 is 10.2 Å². The highest BCUT2D eigenvalue weighted by atomic mass is 15.2. The maximum absolute atomic E-state index is 3.76. The SMILES string of the molecule is C1=CC2NC3=C(C=C(C4=CC=C5C(C4)C4C=CC=CC4N5c4ccccc4)CC3)C2C=C1. The minimum Gasteiger partial charge on any atom is -0.381 e. The summed E-state index contributed by atoms with van der Waals surface area (Å²) in [4.78, 5) is 2.57. The van der Waals surface area contributed by atoms with Crippen molar-refractivity contribution in [1.29, 1.82) is 0 Å². The summed E-state index contributed by atoms with van der Waals surface area (Å²) >= 11 is 0. The Kier molecular flexibility index (Phi) is 4.08. The molecule has 0 aromatic heterocycles. The average molecular weight is 417 g/mol. The summed E-state index contributed by atoms with van der Waals surface area (Å²) in [6.07, 6.45) is 29.1. The molecule has 2 heteroatoms. The van der Waals surface area contributed by atoms with Gasteiger partial charge in [0.25, 0.3) is 0 Å².